The molecule has 5 nitrogen and oxygen atoms in total. The van der Waals surface area contributed by atoms with Crippen molar-refractivity contribution in [3.63, 3.8) is 0 Å². The molecule has 0 fully saturated rings. The van der Waals surface area contributed by atoms with Gasteiger partial charge in [-0.2, -0.15) is 5.10 Å². The lowest BCUT2D eigenvalue weighted by atomic mass is 10.2. The lowest BCUT2D eigenvalue weighted by Crippen LogP contribution is -2.23. The summed E-state index contributed by atoms with van der Waals surface area (Å²) in [7, 11) is 1.44. The van der Waals surface area contributed by atoms with Crippen LogP contribution in [0.3, 0.4) is 0 Å². The van der Waals surface area contributed by atoms with Gasteiger partial charge in [0.15, 0.2) is 0 Å². The molecule has 0 spiro atoms. The number of benzene rings is 1. The average molecular weight is 261 g/mol. The summed E-state index contributed by atoms with van der Waals surface area (Å²) in [5.41, 5.74) is 0.558. The van der Waals surface area contributed by atoms with E-state index in [1.54, 1.807) is 13.0 Å². The predicted octanol–water partition coefficient (Wildman–Crippen LogP) is 1.48. The molecule has 0 aliphatic carbocycles. The van der Waals surface area contributed by atoms with E-state index < -0.39 is 11.7 Å². The van der Waals surface area contributed by atoms with Gasteiger partial charge in [-0.05, 0) is 30.7 Å². The highest BCUT2D eigenvalue weighted by Crippen LogP contribution is 2.15. The summed E-state index contributed by atoms with van der Waals surface area (Å²) in [5, 5.41) is 6.19. The number of carbonyl (C=O) groups excluding carboxylic acids is 1. The first-order valence-electron chi connectivity index (χ1n) is 5.59. The van der Waals surface area contributed by atoms with Gasteiger partial charge < -0.3 is 5.32 Å². The molecular weight excluding hydrogens is 249 g/mol. The number of rotatable bonds is 2. The highest BCUT2D eigenvalue weighted by Gasteiger charge is 2.11. The smallest absolute Gasteiger partial charge is 0.276 e. The molecule has 1 amide bonds. The summed E-state index contributed by atoms with van der Waals surface area (Å²) >= 11 is 0. The van der Waals surface area contributed by atoms with Crippen LogP contribution in [0.2, 0.25) is 0 Å². The first kappa shape index (κ1) is 12.9. The molecule has 0 radical (unpaired) electrons. The number of halogens is 1. The fraction of sp³-hybridized carbons (Fsp3) is 0.154. The average Bonchev–Trinajstić information content (AvgIpc) is 2.36. The molecule has 1 heterocycles. The van der Waals surface area contributed by atoms with E-state index in [9.17, 15) is 14.0 Å². The van der Waals surface area contributed by atoms with Gasteiger partial charge in [0.25, 0.3) is 11.5 Å². The molecule has 6 heteroatoms. The number of hydrogen-bond acceptors (Lipinski definition) is 3. The second-order valence-corrected chi connectivity index (χ2v) is 4.12. The molecule has 19 heavy (non-hydrogen) atoms. The van der Waals surface area contributed by atoms with Crippen LogP contribution in [-0.2, 0) is 7.05 Å². The Bertz CT molecular complexity index is 695. The Hall–Kier alpha value is -2.50. The van der Waals surface area contributed by atoms with Crippen molar-refractivity contribution in [2.24, 2.45) is 7.05 Å². The Morgan fingerprint density at radius 2 is 2.05 bits per heavy atom. The van der Waals surface area contributed by atoms with Crippen LogP contribution in [0.4, 0.5) is 10.1 Å². The second-order valence-electron chi connectivity index (χ2n) is 4.12. The standard InChI is InChI=1S/C13H12FN3O2/c1-8-3-4-10(9(14)7-8)15-13(19)11-5-6-12(18)17(2)16-11/h3-7H,1-2H3,(H,15,19). The maximum absolute atomic E-state index is 13.6. The molecule has 0 bridgehead atoms. The van der Waals surface area contributed by atoms with Crippen LogP contribution >= 0.6 is 0 Å². The lowest BCUT2D eigenvalue weighted by Gasteiger charge is -2.07. The number of aryl methyl sites for hydroxylation is 2. The molecule has 2 rings (SSSR count). The van der Waals surface area contributed by atoms with E-state index >= 15 is 0 Å². The van der Waals surface area contributed by atoms with Gasteiger partial charge in [0.05, 0.1) is 5.69 Å². The molecular formula is C13H12FN3O2. The third-order valence-corrected chi connectivity index (χ3v) is 2.57. The largest absolute Gasteiger partial charge is 0.318 e. The normalized spacial score (nSPS) is 10.3. The van der Waals surface area contributed by atoms with Crippen LogP contribution in [0.25, 0.3) is 0 Å². The predicted molar refractivity (Wildman–Crippen MR) is 68.6 cm³/mol. The van der Waals surface area contributed by atoms with Gasteiger partial charge in [0.2, 0.25) is 0 Å². The monoisotopic (exact) mass is 261 g/mol. The third-order valence-electron chi connectivity index (χ3n) is 2.57. The van der Waals surface area contributed by atoms with Gasteiger partial charge in [0, 0.05) is 13.1 Å². The number of nitrogens with one attached hydrogen (secondary N) is 1. The van der Waals surface area contributed by atoms with Crippen molar-refractivity contribution in [3.05, 3.63) is 57.8 Å². The highest BCUT2D eigenvalue weighted by atomic mass is 19.1. The molecule has 0 aliphatic rings. The van der Waals surface area contributed by atoms with E-state index in [0.29, 0.717) is 0 Å². The first-order valence-corrected chi connectivity index (χ1v) is 5.59. The number of nitrogens with zero attached hydrogens (tertiary/aromatic N) is 2. The summed E-state index contributed by atoms with van der Waals surface area (Å²) in [4.78, 5) is 23.0. The van der Waals surface area contributed by atoms with Gasteiger partial charge in [-0.15, -0.1) is 0 Å². The van der Waals surface area contributed by atoms with Crippen molar-refractivity contribution < 1.29 is 9.18 Å². The number of amides is 1. The maximum Gasteiger partial charge on any atom is 0.276 e. The molecule has 2 aromatic rings. The fourth-order valence-electron chi connectivity index (χ4n) is 1.53. The zero-order valence-corrected chi connectivity index (χ0v) is 10.5. The molecule has 1 aromatic heterocycles. The van der Waals surface area contributed by atoms with Crippen LogP contribution < -0.4 is 10.9 Å². The molecule has 0 aliphatic heterocycles. The minimum atomic E-state index is -0.571. The van der Waals surface area contributed by atoms with Crippen LogP contribution in [-0.4, -0.2) is 15.7 Å². The van der Waals surface area contributed by atoms with Crippen LogP contribution in [0.5, 0.6) is 0 Å². The van der Waals surface area contributed by atoms with E-state index in [0.717, 1.165) is 10.2 Å². The first-order chi connectivity index (χ1) is 8.97. The van der Waals surface area contributed by atoms with E-state index in [1.165, 1.54) is 31.3 Å². The number of hydrogen-bond donors (Lipinski definition) is 1. The summed E-state index contributed by atoms with van der Waals surface area (Å²) in [6.45, 7) is 1.75. The maximum atomic E-state index is 13.6. The Balaban J connectivity index is 2.25. The van der Waals surface area contributed by atoms with E-state index in [2.05, 4.69) is 10.4 Å². The zero-order chi connectivity index (χ0) is 14.0. The topological polar surface area (TPSA) is 64.0 Å². The van der Waals surface area contributed by atoms with Crippen molar-refractivity contribution in [1.29, 1.82) is 0 Å². The Morgan fingerprint density at radius 1 is 1.32 bits per heavy atom. The van der Waals surface area contributed by atoms with Crippen LogP contribution in [0.15, 0.2) is 35.1 Å². The van der Waals surface area contributed by atoms with Crippen LogP contribution in [0.1, 0.15) is 16.1 Å². The summed E-state index contributed by atoms with van der Waals surface area (Å²) in [5.74, 6) is -1.09. The molecule has 98 valence electrons. The second kappa shape index (κ2) is 5.01. The van der Waals surface area contributed by atoms with Gasteiger partial charge >= 0.3 is 0 Å². The highest BCUT2D eigenvalue weighted by molar-refractivity contribution is 6.02. The van der Waals surface area contributed by atoms with Crippen LogP contribution in [0, 0.1) is 12.7 Å². The quantitative estimate of drug-likeness (QED) is 0.890. The minimum Gasteiger partial charge on any atom is -0.318 e. The zero-order valence-electron chi connectivity index (χ0n) is 10.5. The summed E-state index contributed by atoms with van der Waals surface area (Å²) in [6.07, 6.45) is 0. The van der Waals surface area contributed by atoms with E-state index in [1.807, 2.05) is 0 Å². The molecule has 1 N–H and O–H groups in total. The molecule has 0 atom stereocenters. The van der Waals surface area contributed by atoms with E-state index in [-0.39, 0.29) is 16.9 Å². The fourth-order valence-corrected chi connectivity index (χ4v) is 1.53. The molecule has 1 aromatic carbocycles. The van der Waals surface area contributed by atoms with Crippen molar-refractivity contribution in [1.82, 2.24) is 9.78 Å². The lowest BCUT2D eigenvalue weighted by molar-refractivity contribution is 0.101. The van der Waals surface area contributed by atoms with Gasteiger partial charge in [-0.3, -0.25) is 9.59 Å². The number of anilines is 1. The molecule has 0 unspecified atom stereocenters. The molecule has 0 saturated heterocycles. The number of aromatic nitrogens is 2. The Kier molecular flexibility index (Phi) is 3.41. The SMILES string of the molecule is Cc1ccc(NC(=O)c2ccc(=O)n(C)n2)c(F)c1. The molecule has 0 saturated carbocycles. The van der Waals surface area contributed by atoms with Crippen molar-refractivity contribution in [2.75, 3.05) is 5.32 Å². The van der Waals surface area contributed by atoms with Crippen molar-refractivity contribution in [3.8, 4) is 0 Å². The summed E-state index contributed by atoms with van der Waals surface area (Å²) in [6, 6.07) is 7.01. The van der Waals surface area contributed by atoms with Gasteiger partial charge in [0.1, 0.15) is 11.5 Å². The number of carbonyl (C=O) groups is 1. The van der Waals surface area contributed by atoms with Gasteiger partial charge in [-0.25, -0.2) is 9.07 Å². The van der Waals surface area contributed by atoms with Gasteiger partial charge in [-0.1, -0.05) is 6.07 Å². The Morgan fingerprint density at radius 3 is 2.68 bits per heavy atom. The van der Waals surface area contributed by atoms with E-state index in [4.69, 9.17) is 0 Å². The third kappa shape index (κ3) is 2.85. The summed E-state index contributed by atoms with van der Waals surface area (Å²) < 4.78 is 14.6. The minimum absolute atomic E-state index is 0.0436. The van der Waals surface area contributed by atoms with Crippen molar-refractivity contribution in [2.45, 2.75) is 6.92 Å². The van der Waals surface area contributed by atoms with Crippen molar-refractivity contribution >= 4 is 11.6 Å². The Labute approximate surface area is 108 Å².